The molecule has 1 heterocycles. The molecule has 0 radical (unpaired) electrons. The van der Waals surface area contributed by atoms with Gasteiger partial charge < -0.3 is 10.4 Å². The molecule has 0 spiro atoms. The van der Waals surface area contributed by atoms with Crippen LogP contribution in [0.2, 0.25) is 0 Å². The second-order valence-electron chi connectivity index (χ2n) is 4.79. The van der Waals surface area contributed by atoms with E-state index in [0.717, 1.165) is 10.5 Å². The lowest BCUT2D eigenvalue weighted by molar-refractivity contribution is 0.102. The molecule has 0 fully saturated rings. The summed E-state index contributed by atoms with van der Waals surface area (Å²) in [5.74, 6) is -0.607. The number of nitrogens with one attached hydrogen (secondary N) is 2. The minimum atomic E-state index is -0.479. The van der Waals surface area contributed by atoms with Gasteiger partial charge in [0, 0.05) is 21.7 Å². The van der Waals surface area contributed by atoms with Crippen LogP contribution >= 0.6 is 15.9 Å². The van der Waals surface area contributed by atoms with Crippen molar-refractivity contribution < 1.29 is 14.3 Å². The summed E-state index contributed by atoms with van der Waals surface area (Å²) in [5, 5.41) is 19.0. The first-order chi connectivity index (χ1) is 11.0. The van der Waals surface area contributed by atoms with Gasteiger partial charge in [-0.1, -0.05) is 15.9 Å². The van der Waals surface area contributed by atoms with E-state index in [1.807, 2.05) is 0 Å². The van der Waals surface area contributed by atoms with E-state index >= 15 is 0 Å². The molecule has 5 nitrogen and oxygen atoms in total. The van der Waals surface area contributed by atoms with Gasteiger partial charge in [-0.2, -0.15) is 5.10 Å². The smallest absolute Gasteiger partial charge is 0.256 e. The first-order valence-corrected chi connectivity index (χ1v) is 7.43. The maximum Gasteiger partial charge on any atom is 0.256 e. The number of carbonyl (C=O) groups is 1. The van der Waals surface area contributed by atoms with Crippen LogP contribution in [-0.4, -0.2) is 21.2 Å². The Kier molecular flexibility index (Phi) is 4.12. The second kappa shape index (κ2) is 6.21. The molecule has 7 heteroatoms. The van der Waals surface area contributed by atoms with E-state index in [1.54, 1.807) is 24.3 Å². The summed E-state index contributed by atoms with van der Waals surface area (Å²) in [5.41, 5.74) is 1.14. The number of aromatic amines is 1. The van der Waals surface area contributed by atoms with E-state index in [4.69, 9.17) is 0 Å². The van der Waals surface area contributed by atoms with Crippen LogP contribution in [0, 0.1) is 5.82 Å². The average molecular weight is 376 g/mol. The number of hydrogen-bond acceptors (Lipinski definition) is 3. The van der Waals surface area contributed by atoms with E-state index in [2.05, 4.69) is 31.4 Å². The average Bonchev–Trinajstić information content (AvgIpc) is 2.98. The second-order valence-corrected chi connectivity index (χ2v) is 5.71. The van der Waals surface area contributed by atoms with Crippen molar-refractivity contribution >= 4 is 27.7 Å². The highest BCUT2D eigenvalue weighted by Crippen LogP contribution is 2.29. The van der Waals surface area contributed by atoms with Crippen molar-refractivity contribution in [1.82, 2.24) is 10.2 Å². The number of halogens is 2. The monoisotopic (exact) mass is 375 g/mol. The van der Waals surface area contributed by atoms with Crippen LogP contribution < -0.4 is 5.32 Å². The van der Waals surface area contributed by atoms with Crippen LogP contribution in [0.15, 0.2) is 53.0 Å². The predicted octanol–water partition coefficient (Wildman–Crippen LogP) is 3.94. The third-order valence-corrected chi connectivity index (χ3v) is 3.70. The lowest BCUT2D eigenvalue weighted by atomic mass is 10.1. The quantitative estimate of drug-likeness (QED) is 0.648. The summed E-state index contributed by atoms with van der Waals surface area (Å²) in [6.45, 7) is 0. The van der Waals surface area contributed by atoms with E-state index in [0.29, 0.717) is 11.3 Å². The van der Waals surface area contributed by atoms with Crippen molar-refractivity contribution in [3.8, 4) is 17.0 Å². The Morgan fingerprint density at radius 2 is 1.91 bits per heavy atom. The lowest BCUT2D eigenvalue weighted by Gasteiger charge is -2.02. The number of hydrogen-bond donors (Lipinski definition) is 3. The molecule has 0 aliphatic carbocycles. The Bertz CT molecular complexity index is 862. The van der Waals surface area contributed by atoms with Gasteiger partial charge in [-0.15, -0.1) is 0 Å². The van der Waals surface area contributed by atoms with Crippen LogP contribution in [0.25, 0.3) is 11.3 Å². The molecule has 0 bridgehead atoms. The number of phenols is 1. The number of anilines is 1. The van der Waals surface area contributed by atoms with E-state index in [9.17, 15) is 14.3 Å². The van der Waals surface area contributed by atoms with Gasteiger partial charge in [-0.25, -0.2) is 4.39 Å². The van der Waals surface area contributed by atoms with Crippen LogP contribution in [0.4, 0.5) is 10.2 Å². The SMILES string of the molecule is O=C(Nc1cc(-c2cc(F)ccc2O)[nH]n1)c1ccc(Br)cc1. The third kappa shape index (κ3) is 3.40. The molecule has 116 valence electrons. The molecular formula is C16H11BrFN3O2. The summed E-state index contributed by atoms with van der Waals surface area (Å²) >= 11 is 3.30. The van der Waals surface area contributed by atoms with Crippen molar-refractivity contribution in [3.63, 3.8) is 0 Å². The summed E-state index contributed by atoms with van der Waals surface area (Å²) in [6.07, 6.45) is 0. The molecule has 0 aliphatic rings. The fraction of sp³-hybridized carbons (Fsp3) is 0. The predicted molar refractivity (Wildman–Crippen MR) is 87.7 cm³/mol. The molecule has 0 unspecified atom stereocenters. The number of H-pyrrole nitrogens is 1. The van der Waals surface area contributed by atoms with Crippen molar-refractivity contribution in [3.05, 3.63) is 64.4 Å². The third-order valence-electron chi connectivity index (χ3n) is 3.17. The zero-order chi connectivity index (χ0) is 16.4. The molecule has 3 rings (SSSR count). The Morgan fingerprint density at radius 3 is 2.65 bits per heavy atom. The Morgan fingerprint density at radius 1 is 1.17 bits per heavy atom. The molecule has 23 heavy (non-hydrogen) atoms. The van der Waals surface area contributed by atoms with Gasteiger partial charge in [-0.3, -0.25) is 9.89 Å². The minimum Gasteiger partial charge on any atom is -0.507 e. The number of carbonyl (C=O) groups excluding carboxylic acids is 1. The van der Waals surface area contributed by atoms with Gasteiger partial charge in [-0.05, 0) is 42.5 Å². The van der Waals surface area contributed by atoms with Crippen LogP contribution in [0.3, 0.4) is 0 Å². The van der Waals surface area contributed by atoms with Crippen molar-refractivity contribution in [2.24, 2.45) is 0 Å². The zero-order valence-corrected chi connectivity index (χ0v) is 13.3. The highest BCUT2D eigenvalue weighted by Gasteiger charge is 2.12. The fourth-order valence-corrected chi connectivity index (χ4v) is 2.30. The number of aromatic nitrogens is 2. The highest BCUT2D eigenvalue weighted by molar-refractivity contribution is 9.10. The molecule has 1 aromatic heterocycles. The first kappa shape index (κ1) is 15.2. The zero-order valence-electron chi connectivity index (χ0n) is 11.7. The lowest BCUT2D eigenvalue weighted by Crippen LogP contribution is -2.11. The fourth-order valence-electron chi connectivity index (χ4n) is 2.04. The normalized spacial score (nSPS) is 10.5. The summed E-state index contributed by atoms with van der Waals surface area (Å²) in [7, 11) is 0. The molecule has 3 N–H and O–H groups in total. The van der Waals surface area contributed by atoms with E-state index < -0.39 is 5.82 Å². The number of benzene rings is 2. The summed E-state index contributed by atoms with van der Waals surface area (Å²) in [4.78, 5) is 12.1. The Balaban J connectivity index is 1.81. The van der Waals surface area contributed by atoms with Crippen molar-refractivity contribution in [2.75, 3.05) is 5.32 Å². The number of rotatable bonds is 3. The molecular weight excluding hydrogens is 365 g/mol. The standard InChI is InChI=1S/C16H11BrFN3O2/c17-10-3-1-9(2-4-10)16(23)19-15-8-13(20-21-15)12-7-11(18)5-6-14(12)22/h1-8,22H,(H2,19,20,21,23). The maximum absolute atomic E-state index is 13.3. The molecule has 0 atom stereocenters. The van der Waals surface area contributed by atoms with Gasteiger partial charge >= 0.3 is 0 Å². The first-order valence-electron chi connectivity index (χ1n) is 6.64. The molecule has 0 saturated carbocycles. The van der Waals surface area contributed by atoms with Crippen molar-refractivity contribution in [1.29, 1.82) is 0 Å². The Hall–Kier alpha value is -2.67. The largest absolute Gasteiger partial charge is 0.507 e. The van der Waals surface area contributed by atoms with Crippen LogP contribution in [0.5, 0.6) is 5.75 Å². The molecule has 2 aromatic carbocycles. The summed E-state index contributed by atoms with van der Waals surface area (Å²) < 4.78 is 14.2. The van der Waals surface area contributed by atoms with Gasteiger partial charge in [0.2, 0.25) is 0 Å². The topological polar surface area (TPSA) is 78.0 Å². The Labute approximate surface area is 139 Å². The van der Waals surface area contributed by atoms with E-state index in [-0.39, 0.29) is 23.0 Å². The van der Waals surface area contributed by atoms with Gasteiger partial charge in [0.25, 0.3) is 5.91 Å². The minimum absolute atomic E-state index is 0.0826. The number of amides is 1. The van der Waals surface area contributed by atoms with Crippen LogP contribution in [-0.2, 0) is 0 Å². The number of aromatic hydroxyl groups is 1. The number of nitrogens with zero attached hydrogens (tertiary/aromatic N) is 1. The van der Waals surface area contributed by atoms with Crippen molar-refractivity contribution in [2.45, 2.75) is 0 Å². The van der Waals surface area contributed by atoms with Gasteiger partial charge in [0.05, 0.1) is 5.69 Å². The maximum atomic E-state index is 13.3. The molecule has 0 aliphatic heterocycles. The van der Waals surface area contributed by atoms with E-state index in [1.165, 1.54) is 18.2 Å². The molecule has 1 amide bonds. The number of phenolic OH excluding ortho intramolecular Hbond substituents is 1. The van der Waals surface area contributed by atoms with Gasteiger partial charge in [0.15, 0.2) is 5.82 Å². The van der Waals surface area contributed by atoms with Gasteiger partial charge in [0.1, 0.15) is 11.6 Å². The summed E-state index contributed by atoms with van der Waals surface area (Å²) in [6, 6.07) is 12.0. The highest BCUT2D eigenvalue weighted by atomic mass is 79.9. The molecule has 3 aromatic rings. The van der Waals surface area contributed by atoms with Crippen LogP contribution in [0.1, 0.15) is 10.4 Å². The molecule has 0 saturated heterocycles.